The van der Waals surface area contributed by atoms with Crippen LogP contribution in [-0.2, 0) is 9.59 Å². The van der Waals surface area contributed by atoms with Gasteiger partial charge in [0, 0.05) is 12.1 Å². The van der Waals surface area contributed by atoms with Gasteiger partial charge in [0.2, 0.25) is 0 Å². The number of likely N-dealkylation sites (tertiary alicyclic amines) is 1. The molecular formula is C24H27NO4. The molecule has 1 unspecified atom stereocenters. The van der Waals surface area contributed by atoms with Gasteiger partial charge in [-0.15, -0.1) is 0 Å². The number of aliphatic hydroxyl groups excluding tert-OH is 1. The van der Waals surface area contributed by atoms with Crippen molar-refractivity contribution in [3.8, 4) is 5.75 Å². The van der Waals surface area contributed by atoms with Gasteiger partial charge in [0.05, 0.1) is 18.2 Å². The van der Waals surface area contributed by atoms with Gasteiger partial charge in [0.15, 0.2) is 0 Å². The number of amides is 1. The average Bonchev–Trinajstić information content (AvgIpc) is 2.97. The SMILES string of the molecule is CCCCN1C(=O)C(=O)/C(=C(\O)c2ccc(OCC)cc2)C1c1cccc(C)c1. The van der Waals surface area contributed by atoms with E-state index in [-0.39, 0.29) is 11.3 Å². The minimum absolute atomic E-state index is 0.140. The Bertz CT molecular complexity index is 930. The Morgan fingerprint density at radius 1 is 1.10 bits per heavy atom. The summed E-state index contributed by atoms with van der Waals surface area (Å²) in [5.41, 5.74) is 2.48. The summed E-state index contributed by atoms with van der Waals surface area (Å²) in [7, 11) is 0. The van der Waals surface area contributed by atoms with Crippen molar-refractivity contribution < 1.29 is 19.4 Å². The first-order chi connectivity index (χ1) is 14.0. The van der Waals surface area contributed by atoms with Crippen molar-refractivity contribution in [2.45, 2.75) is 39.7 Å². The van der Waals surface area contributed by atoms with Crippen LogP contribution in [0, 0.1) is 6.92 Å². The van der Waals surface area contributed by atoms with E-state index in [2.05, 4.69) is 0 Å². The summed E-state index contributed by atoms with van der Waals surface area (Å²) in [5.74, 6) is -0.670. The number of rotatable bonds is 7. The summed E-state index contributed by atoms with van der Waals surface area (Å²) >= 11 is 0. The third-order valence-corrected chi connectivity index (χ3v) is 5.09. The van der Waals surface area contributed by atoms with E-state index in [0.717, 1.165) is 24.0 Å². The normalized spacial score (nSPS) is 18.3. The maximum atomic E-state index is 12.9. The zero-order valence-electron chi connectivity index (χ0n) is 17.1. The van der Waals surface area contributed by atoms with E-state index in [1.807, 2.05) is 45.0 Å². The Balaban J connectivity index is 2.10. The Morgan fingerprint density at radius 2 is 1.83 bits per heavy atom. The molecule has 1 aliphatic rings. The van der Waals surface area contributed by atoms with E-state index < -0.39 is 17.7 Å². The molecule has 1 N–H and O–H groups in total. The van der Waals surface area contributed by atoms with Crippen molar-refractivity contribution in [3.05, 3.63) is 70.8 Å². The highest BCUT2D eigenvalue weighted by Gasteiger charge is 2.45. The van der Waals surface area contributed by atoms with E-state index in [9.17, 15) is 14.7 Å². The van der Waals surface area contributed by atoms with Crippen LogP contribution in [0.25, 0.3) is 5.76 Å². The Morgan fingerprint density at radius 3 is 2.45 bits per heavy atom. The molecule has 1 saturated heterocycles. The Kier molecular flexibility index (Phi) is 6.37. The van der Waals surface area contributed by atoms with Crippen LogP contribution in [0.5, 0.6) is 5.75 Å². The van der Waals surface area contributed by atoms with Crippen LogP contribution in [-0.4, -0.2) is 34.8 Å². The lowest BCUT2D eigenvalue weighted by Crippen LogP contribution is -2.30. The molecule has 2 aromatic carbocycles. The first-order valence-electron chi connectivity index (χ1n) is 10.1. The van der Waals surface area contributed by atoms with E-state index in [1.54, 1.807) is 29.2 Å². The highest BCUT2D eigenvalue weighted by molar-refractivity contribution is 6.46. The lowest BCUT2D eigenvalue weighted by molar-refractivity contribution is -0.139. The summed E-state index contributed by atoms with van der Waals surface area (Å²) < 4.78 is 5.44. The highest BCUT2D eigenvalue weighted by Crippen LogP contribution is 2.39. The van der Waals surface area contributed by atoms with Crippen LogP contribution in [0.3, 0.4) is 0 Å². The number of hydrogen-bond acceptors (Lipinski definition) is 4. The molecule has 1 heterocycles. The highest BCUT2D eigenvalue weighted by atomic mass is 16.5. The molecule has 0 bridgehead atoms. The van der Waals surface area contributed by atoms with Crippen molar-refractivity contribution in [2.75, 3.05) is 13.2 Å². The van der Waals surface area contributed by atoms with Gasteiger partial charge < -0.3 is 14.7 Å². The van der Waals surface area contributed by atoms with Crippen molar-refractivity contribution in [2.24, 2.45) is 0 Å². The lowest BCUT2D eigenvalue weighted by atomic mass is 9.94. The Hall–Kier alpha value is -3.08. The molecule has 1 atom stereocenters. The summed E-state index contributed by atoms with van der Waals surface area (Å²) in [4.78, 5) is 27.3. The topological polar surface area (TPSA) is 66.8 Å². The molecule has 5 heteroatoms. The first kappa shape index (κ1) is 20.6. The molecule has 152 valence electrons. The molecule has 1 aliphatic heterocycles. The number of unbranched alkanes of at least 4 members (excludes halogenated alkanes) is 1. The second-order valence-electron chi connectivity index (χ2n) is 7.22. The maximum Gasteiger partial charge on any atom is 0.295 e. The van der Waals surface area contributed by atoms with Gasteiger partial charge >= 0.3 is 0 Å². The van der Waals surface area contributed by atoms with E-state index >= 15 is 0 Å². The third kappa shape index (κ3) is 4.19. The van der Waals surface area contributed by atoms with Gasteiger partial charge in [-0.05, 0) is 50.1 Å². The number of Topliss-reactive ketones (excluding diaryl/α,β-unsaturated/α-hetero) is 1. The molecular weight excluding hydrogens is 366 g/mol. The largest absolute Gasteiger partial charge is 0.507 e. The van der Waals surface area contributed by atoms with Gasteiger partial charge in [0.1, 0.15) is 11.5 Å². The van der Waals surface area contributed by atoms with Crippen molar-refractivity contribution in [3.63, 3.8) is 0 Å². The number of nitrogens with zero attached hydrogens (tertiary/aromatic N) is 1. The maximum absolute atomic E-state index is 12.9. The van der Waals surface area contributed by atoms with Gasteiger partial charge in [-0.2, -0.15) is 0 Å². The van der Waals surface area contributed by atoms with Crippen molar-refractivity contribution in [1.29, 1.82) is 0 Å². The summed E-state index contributed by atoms with van der Waals surface area (Å²) in [6.45, 7) is 6.92. The first-order valence-corrected chi connectivity index (χ1v) is 10.1. The van der Waals surface area contributed by atoms with Crippen molar-refractivity contribution >= 4 is 17.4 Å². The summed E-state index contributed by atoms with van der Waals surface area (Å²) in [5, 5.41) is 11.0. The average molecular weight is 393 g/mol. The third-order valence-electron chi connectivity index (χ3n) is 5.09. The van der Waals surface area contributed by atoms with Gasteiger partial charge in [0.25, 0.3) is 11.7 Å². The molecule has 2 aromatic rings. The second kappa shape index (κ2) is 8.95. The van der Waals surface area contributed by atoms with Crippen LogP contribution in [0.15, 0.2) is 54.1 Å². The fraction of sp³-hybridized carbons (Fsp3) is 0.333. The molecule has 0 spiro atoms. The standard InChI is InChI=1S/C24H27NO4/c1-4-6-14-25-21(18-9-7-8-16(3)15-18)20(23(27)24(25)28)22(26)17-10-12-19(13-11-17)29-5-2/h7-13,15,21,26H,4-6,14H2,1-3H3/b22-20-. The minimum Gasteiger partial charge on any atom is -0.507 e. The molecule has 0 aliphatic carbocycles. The number of carbonyl (C=O) groups is 2. The number of ketones is 1. The summed E-state index contributed by atoms with van der Waals surface area (Å²) in [6.07, 6.45) is 1.70. The quantitative estimate of drug-likeness (QED) is 0.424. The van der Waals surface area contributed by atoms with Gasteiger partial charge in [-0.25, -0.2) is 0 Å². The summed E-state index contributed by atoms with van der Waals surface area (Å²) in [6, 6.07) is 14.0. The molecule has 3 rings (SSSR count). The fourth-order valence-corrected chi connectivity index (χ4v) is 3.66. The van der Waals surface area contributed by atoms with Crippen LogP contribution >= 0.6 is 0 Å². The number of carbonyl (C=O) groups excluding carboxylic acids is 2. The molecule has 29 heavy (non-hydrogen) atoms. The molecule has 1 amide bonds. The van der Waals surface area contributed by atoms with Crippen LogP contribution in [0.4, 0.5) is 0 Å². The predicted molar refractivity (Wildman–Crippen MR) is 113 cm³/mol. The monoisotopic (exact) mass is 393 g/mol. The fourth-order valence-electron chi connectivity index (χ4n) is 3.66. The Labute approximate surface area is 171 Å². The number of benzene rings is 2. The lowest BCUT2D eigenvalue weighted by Gasteiger charge is -2.25. The molecule has 0 saturated carbocycles. The van der Waals surface area contributed by atoms with Gasteiger partial charge in [-0.3, -0.25) is 9.59 Å². The number of aryl methyl sites for hydroxylation is 1. The predicted octanol–water partition coefficient (Wildman–Crippen LogP) is 4.62. The van der Waals surface area contributed by atoms with E-state index in [1.165, 1.54) is 0 Å². The zero-order chi connectivity index (χ0) is 21.0. The van der Waals surface area contributed by atoms with Crippen molar-refractivity contribution in [1.82, 2.24) is 4.90 Å². The number of hydrogen-bond donors (Lipinski definition) is 1. The number of ether oxygens (including phenoxy) is 1. The van der Waals surface area contributed by atoms with E-state index in [4.69, 9.17) is 4.74 Å². The van der Waals surface area contributed by atoms with Crippen LogP contribution in [0.1, 0.15) is 49.4 Å². The van der Waals surface area contributed by atoms with E-state index in [0.29, 0.717) is 24.5 Å². The minimum atomic E-state index is -0.640. The smallest absolute Gasteiger partial charge is 0.295 e. The molecule has 0 aromatic heterocycles. The molecule has 5 nitrogen and oxygen atoms in total. The van der Waals surface area contributed by atoms with Crippen LogP contribution < -0.4 is 4.74 Å². The zero-order valence-corrected chi connectivity index (χ0v) is 17.1. The number of aliphatic hydroxyl groups is 1. The second-order valence-corrected chi connectivity index (χ2v) is 7.22. The van der Waals surface area contributed by atoms with Crippen LogP contribution in [0.2, 0.25) is 0 Å². The molecule has 1 fully saturated rings. The molecule has 0 radical (unpaired) electrons. The van der Waals surface area contributed by atoms with Gasteiger partial charge in [-0.1, -0.05) is 43.2 Å².